The van der Waals surface area contributed by atoms with Crippen LogP contribution in [0.25, 0.3) is 16.9 Å². The van der Waals surface area contributed by atoms with Crippen molar-refractivity contribution in [3.63, 3.8) is 0 Å². The summed E-state index contributed by atoms with van der Waals surface area (Å²) in [6, 6.07) is 11.9. The van der Waals surface area contributed by atoms with Crippen molar-refractivity contribution in [2.24, 2.45) is 0 Å². The van der Waals surface area contributed by atoms with Gasteiger partial charge in [0.25, 0.3) is 0 Å². The number of nitrogens with zero attached hydrogens (tertiary/aromatic N) is 4. The minimum atomic E-state index is -0.130. The van der Waals surface area contributed by atoms with Crippen molar-refractivity contribution in [1.29, 1.82) is 0 Å². The van der Waals surface area contributed by atoms with Gasteiger partial charge in [-0.15, -0.1) is 0 Å². The third-order valence-electron chi connectivity index (χ3n) is 5.32. The van der Waals surface area contributed by atoms with Crippen LogP contribution in [0.3, 0.4) is 0 Å². The maximum absolute atomic E-state index is 12.5. The molecule has 0 fully saturated rings. The normalized spacial score (nSPS) is 11.2. The highest BCUT2D eigenvalue weighted by molar-refractivity contribution is 5.90. The van der Waals surface area contributed by atoms with E-state index < -0.39 is 0 Å². The SMILES string of the molecule is CCc1ccc(-c2cc(NC(=O)CCc3c(C)nc4cc(C)nn4c3C)on2)cc1. The van der Waals surface area contributed by atoms with E-state index in [1.54, 1.807) is 6.07 Å². The van der Waals surface area contributed by atoms with Gasteiger partial charge in [0.05, 0.1) is 5.69 Å². The summed E-state index contributed by atoms with van der Waals surface area (Å²) in [5.74, 6) is 0.217. The first-order valence-electron chi connectivity index (χ1n) is 10.1. The number of benzene rings is 1. The summed E-state index contributed by atoms with van der Waals surface area (Å²) in [5.41, 5.74) is 7.64. The molecule has 0 saturated heterocycles. The predicted octanol–water partition coefficient (Wildman–Crippen LogP) is 4.44. The summed E-state index contributed by atoms with van der Waals surface area (Å²) >= 11 is 0. The number of aromatic nitrogens is 4. The number of rotatable bonds is 6. The molecular weight excluding hydrogens is 378 g/mol. The number of hydrogen-bond acceptors (Lipinski definition) is 5. The van der Waals surface area contributed by atoms with Gasteiger partial charge in [0, 0.05) is 35.5 Å². The van der Waals surface area contributed by atoms with E-state index >= 15 is 0 Å². The fraction of sp³-hybridized carbons (Fsp3) is 0.304. The van der Waals surface area contributed by atoms with Crippen molar-refractivity contribution in [2.45, 2.75) is 47.0 Å². The number of anilines is 1. The molecule has 4 rings (SSSR count). The highest BCUT2D eigenvalue weighted by Crippen LogP contribution is 2.23. The molecule has 0 saturated carbocycles. The third-order valence-corrected chi connectivity index (χ3v) is 5.32. The molecule has 30 heavy (non-hydrogen) atoms. The summed E-state index contributed by atoms with van der Waals surface area (Å²) < 4.78 is 7.13. The molecule has 3 aromatic heterocycles. The zero-order valence-electron chi connectivity index (χ0n) is 17.7. The van der Waals surface area contributed by atoms with Crippen molar-refractivity contribution in [3.8, 4) is 11.3 Å². The van der Waals surface area contributed by atoms with Crippen molar-refractivity contribution >= 4 is 17.4 Å². The van der Waals surface area contributed by atoms with Gasteiger partial charge < -0.3 is 4.52 Å². The quantitative estimate of drug-likeness (QED) is 0.514. The Morgan fingerprint density at radius 3 is 2.63 bits per heavy atom. The molecule has 7 heteroatoms. The maximum atomic E-state index is 12.5. The summed E-state index contributed by atoms with van der Waals surface area (Å²) in [7, 11) is 0. The van der Waals surface area contributed by atoms with E-state index in [0.29, 0.717) is 24.4 Å². The lowest BCUT2D eigenvalue weighted by Crippen LogP contribution is -2.14. The molecule has 0 aliphatic carbocycles. The molecule has 0 unspecified atom stereocenters. The predicted molar refractivity (Wildman–Crippen MR) is 115 cm³/mol. The fourth-order valence-corrected chi connectivity index (χ4v) is 3.62. The largest absolute Gasteiger partial charge is 0.338 e. The van der Waals surface area contributed by atoms with Gasteiger partial charge in [-0.05, 0) is 44.7 Å². The molecule has 7 nitrogen and oxygen atoms in total. The summed E-state index contributed by atoms with van der Waals surface area (Å²) in [6.45, 7) is 8.04. The Bertz CT molecular complexity index is 1200. The molecule has 0 spiro atoms. The van der Waals surface area contributed by atoms with Gasteiger partial charge in [-0.25, -0.2) is 9.50 Å². The average molecular weight is 403 g/mol. The van der Waals surface area contributed by atoms with E-state index in [-0.39, 0.29) is 5.91 Å². The number of carbonyl (C=O) groups excluding carboxylic acids is 1. The topological polar surface area (TPSA) is 85.3 Å². The number of amides is 1. The lowest BCUT2D eigenvalue weighted by Gasteiger charge is -2.10. The minimum absolute atomic E-state index is 0.130. The van der Waals surface area contributed by atoms with Gasteiger partial charge in [-0.1, -0.05) is 36.3 Å². The monoisotopic (exact) mass is 403 g/mol. The summed E-state index contributed by atoms with van der Waals surface area (Å²) in [6.07, 6.45) is 1.88. The molecule has 0 aliphatic rings. The Hall–Kier alpha value is -3.48. The maximum Gasteiger partial charge on any atom is 0.231 e. The first-order chi connectivity index (χ1) is 14.4. The van der Waals surface area contributed by atoms with Crippen molar-refractivity contribution in [2.75, 3.05) is 5.32 Å². The molecule has 3 heterocycles. The van der Waals surface area contributed by atoms with Crippen LogP contribution in [0.2, 0.25) is 0 Å². The molecule has 0 atom stereocenters. The smallest absolute Gasteiger partial charge is 0.231 e. The van der Waals surface area contributed by atoms with Crippen LogP contribution in [-0.2, 0) is 17.6 Å². The van der Waals surface area contributed by atoms with Gasteiger partial charge in [0.1, 0.15) is 5.69 Å². The Morgan fingerprint density at radius 2 is 1.90 bits per heavy atom. The molecule has 0 aliphatic heterocycles. The average Bonchev–Trinajstić information content (AvgIpc) is 3.34. The Labute approximate surface area is 175 Å². The van der Waals surface area contributed by atoms with Crippen LogP contribution in [0.4, 0.5) is 5.88 Å². The van der Waals surface area contributed by atoms with Gasteiger partial charge in [-0.3, -0.25) is 10.1 Å². The van der Waals surface area contributed by atoms with Crippen LogP contribution in [-0.4, -0.2) is 25.7 Å². The Kier molecular flexibility index (Phi) is 5.35. The van der Waals surface area contributed by atoms with Gasteiger partial charge in [-0.2, -0.15) is 5.10 Å². The second-order valence-corrected chi connectivity index (χ2v) is 7.49. The van der Waals surface area contributed by atoms with Crippen LogP contribution in [0.5, 0.6) is 0 Å². The summed E-state index contributed by atoms with van der Waals surface area (Å²) in [5, 5.41) is 11.3. The minimum Gasteiger partial charge on any atom is -0.338 e. The van der Waals surface area contributed by atoms with E-state index in [9.17, 15) is 4.79 Å². The van der Waals surface area contributed by atoms with Crippen LogP contribution in [0.15, 0.2) is 40.9 Å². The van der Waals surface area contributed by atoms with Crippen molar-refractivity contribution in [1.82, 2.24) is 19.8 Å². The Balaban J connectivity index is 1.42. The van der Waals surface area contributed by atoms with Gasteiger partial charge in [0.2, 0.25) is 11.8 Å². The van der Waals surface area contributed by atoms with Crippen molar-refractivity contribution in [3.05, 3.63) is 64.6 Å². The van der Waals surface area contributed by atoms with E-state index in [4.69, 9.17) is 4.52 Å². The molecule has 154 valence electrons. The number of nitrogens with one attached hydrogen (secondary N) is 1. The van der Waals surface area contributed by atoms with Crippen LogP contribution < -0.4 is 5.32 Å². The first kappa shape index (κ1) is 19.8. The number of hydrogen-bond donors (Lipinski definition) is 1. The number of aryl methyl sites for hydroxylation is 4. The van der Waals surface area contributed by atoms with Crippen LogP contribution in [0.1, 0.15) is 41.6 Å². The third kappa shape index (κ3) is 3.96. The van der Waals surface area contributed by atoms with Crippen molar-refractivity contribution < 1.29 is 9.32 Å². The van der Waals surface area contributed by atoms with Crippen LogP contribution in [0, 0.1) is 20.8 Å². The van der Waals surface area contributed by atoms with Gasteiger partial charge in [0.15, 0.2) is 5.65 Å². The summed E-state index contributed by atoms with van der Waals surface area (Å²) in [4.78, 5) is 17.1. The standard InChI is InChI=1S/C23H25N5O2/c1-5-17-6-8-18(9-7-17)20-13-23(30-27-20)25-22(29)11-10-19-15(3)24-21-12-14(2)26-28(21)16(19)4/h6-9,12-13H,5,10-11H2,1-4H3,(H,25,29). The lowest BCUT2D eigenvalue weighted by atomic mass is 10.1. The highest BCUT2D eigenvalue weighted by Gasteiger charge is 2.14. The molecule has 1 aromatic carbocycles. The fourth-order valence-electron chi connectivity index (χ4n) is 3.62. The highest BCUT2D eigenvalue weighted by atomic mass is 16.5. The Morgan fingerprint density at radius 1 is 1.13 bits per heavy atom. The zero-order chi connectivity index (χ0) is 21.3. The molecular formula is C23H25N5O2. The second-order valence-electron chi connectivity index (χ2n) is 7.49. The molecule has 1 N–H and O–H groups in total. The zero-order valence-corrected chi connectivity index (χ0v) is 17.7. The number of carbonyl (C=O) groups is 1. The molecule has 0 bridgehead atoms. The van der Waals surface area contributed by atoms with E-state index in [2.05, 4.69) is 39.6 Å². The van der Waals surface area contributed by atoms with Gasteiger partial charge >= 0.3 is 0 Å². The second kappa shape index (κ2) is 8.10. The van der Waals surface area contributed by atoms with E-state index in [1.807, 2.05) is 43.5 Å². The van der Waals surface area contributed by atoms with E-state index in [0.717, 1.165) is 40.3 Å². The molecule has 1 amide bonds. The molecule has 4 aromatic rings. The number of fused-ring (bicyclic) bond motifs is 1. The van der Waals surface area contributed by atoms with Crippen LogP contribution >= 0.6 is 0 Å². The van der Waals surface area contributed by atoms with E-state index in [1.165, 1.54) is 5.56 Å². The lowest BCUT2D eigenvalue weighted by molar-refractivity contribution is -0.116. The molecule has 0 radical (unpaired) electrons. The first-order valence-corrected chi connectivity index (χ1v) is 10.1.